The third kappa shape index (κ3) is 3.27. The van der Waals surface area contributed by atoms with Crippen molar-refractivity contribution in [3.05, 3.63) is 133 Å². The van der Waals surface area contributed by atoms with E-state index in [4.69, 9.17) is 0 Å². The fourth-order valence-corrected chi connectivity index (χ4v) is 4.66. The molecule has 0 atom stereocenters. The van der Waals surface area contributed by atoms with E-state index < -0.39 is 0 Å². The van der Waals surface area contributed by atoms with Gasteiger partial charge in [0.25, 0.3) is 0 Å². The summed E-state index contributed by atoms with van der Waals surface area (Å²) in [6.45, 7) is 0. The highest BCUT2D eigenvalue weighted by molar-refractivity contribution is 6.08. The molecule has 0 heterocycles. The van der Waals surface area contributed by atoms with Gasteiger partial charge in [0.05, 0.1) is 0 Å². The van der Waals surface area contributed by atoms with Crippen LogP contribution in [0.4, 0.5) is 0 Å². The van der Waals surface area contributed by atoms with Gasteiger partial charge < -0.3 is 0 Å². The molecule has 0 spiro atoms. The van der Waals surface area contributed by atoms with E-state index in [2.05, 4.69) is 133 Å². The van der Waals surface area contributed by atoms with Crippen LogP contribution in [0.15, 0.2) is 133 Å². The first kappa shape index (κ1) is 18.6. The Balaban J connectivity index is 1.70. The molecular weight excluding hydrogens is 384 g/mol. The van der Waals surface area contributed by atoms with Crippen LogP contribution in [0, 0.1) is 0 Å². The van der Waals surface area contributed by atoms with Crippen LogP contribution < -0.4 is 0 Å². The van der Waals surface area contributed by atoms with Gasteiger partial charge in [0.2, 0.25) is 0 Å². The fraction of sp³-hybridized carbons (Fsp3) is 0. The highest BCUT2D eigenvalue weighted by Gasteiger charge is 2.13. The minimum Gasteiger partial charge on any atom is -0.0622 e. The van der Waals surface area contributed by atoms with Crippen molar-refractivity contribution < 1.29 is 0 Å². The molecule has 0 amide bonds. The summed E-state index contributed by atoms with van der Waals surface area (Å²) in [5, 5.41) is 5.08. The third-order valence-electron chi connectivity index (χ3n) is 6.23. The molecule has 0 unspecified atom stereocenters. The molecule has 6 aromatic carbocycles. The van der Waals surface area contributed by atoms with E-state index in [0.717, 1.165) is 0 Å². The molecule has 0 aromatic heterocycles. The maximum absolute atomic E-state index is 2.36. The minimum atomic E-state index is 1.24. The van der Waals surface area contributed by atoms with E-state index in [1.165, 1.54) is 54.9 Å². The van der Waals surface area contributed by atoms with Gasteiger partial charge in [0, 0.05) is 0 Å². The van der Waals surface area contributed by atoms with Crippen molar-refractivity contribution in [3.8, 4) is 33.4 Å². The molecule has 0 aliphatic carbocycles. The molecule has 0 bridgehead atoms. The second-order valence-corrected chi connectivity index (χ2v) is 8.22. The van der Waals surface area contributed by atoms with E-state index in [0.29, 0.717) is 0 Å². The second kappa shape index (κ2) is 7.83. The second-order valence-electron chi connectivity index (χ2n) is 8.22. The number of hydrogen-bond donors (Lipinski definition) is 0. The van der Waals surface area contributed by atoms with Crippen LogP contribution in [0.25, 0.3) is 54.9 Å². The lowest BCUT2D eigenvalue weighted by Gasteiger charge is -2.15. The molecule has 6 aromatic rings. The van der Waals surface area contributed by atoms with Crippen LogP contribution in [0.1, 0.15) is 0 Å². The van der Waals surface area contributed by atoms with E-state index in [1.807, 2.05) is 0 Å². The van der Waals surface area contributed by atoms with Gasteiger partial charge in [0.15, 0.2) is 0 Å². The van der Waals surface area contributed by atoms with Crippen LogP contribution in [-0.4, -0.2) is 0 Å². The Morgan fingerprint density at radius 2 is 0.656 bits per heavy atom. The normalized spacial score (nSPS) is 11.1. The Morgan fingerprint density at radius 3 is 1.09 bits per heavy atom. The molecule has 0 N–H and O–H groups in total. The van der Waals surface area contributed by atoms with E-state index in [1.54, 1.807) is 0 Å². The summed E-state index contributed by atoms with van der Waals surface area (Å²) in [4.78, 5) is 0. The smallest absolute Gasteiger partial charge is 0.00928 e. The molecule has 0 saturated heterocycles. The lowest BCUT2D eigenvalue weighted by Crippen LogP contribution is -1.89. The first-order valence-electron chi connectivity index (χ1n) is 11.0. The molecule has 0 aliphatic heterocycles. The monoisotopic (exact) mass is 406 g/mol. The Labute approximate surface area is 188 Å². The van der Waals surface area contributed by atoms with Crippen molar-refractivity contribution in [2.75, 3.05) is 0 Å². The summed E-state index contributed by atoms with van der Waals surface area (Å²) in [5.41, 5.74) is 7.51. The molecule has 0 saturated carbocycles. The molecule has 0 fully saturated rings. The molecule has 0 aliphatic rings. The zero-order valence-corrected chi connectivity index (χ0v) is 17.7. The lowest BCUT2D eigenvalue weighted by atomic mass is 9.88. The average Bonchev–Trinajstić information content (AvgIpc) is 2.88. The van der Waals surface area contributed by atoms with Crippen molar-refractivity contribution in [2.45, 2.75) is 0 Å². The van der Waals surface area contributed by atoms with Crippen molar-refractivity contribution >= 4 is 21.5 Å². The number of hydrogen-bond acceptors (Lipinski definition) is 0. The lowest BCUT2D eigenvalue weighted by molar-refractivity contribution is 1.61. The molecule has 6 rings (SSSR count). The molecule has 0 nitrogen and oxygen atoms in total. The highest BCUT2D eigenvalue weighted by Crippen LogP contribution is 2.39. The Hall–Kier alpha value is -4.16. The van der Waals surface area contributed by atoms with E-state index in [-0.39, 0.29) is 0 Å². The zero-order valence-electron chi connectivity index (χ0n) is 17.7. The van der Waals surface area contributed by atoms with Crippen LogP contribution in [0.3, 0.4) is 0 Å². The van der Waals surface area contributed by atoms with Crippen molar-refractivity contribution in [3.63, 3.8) is 0 Å². The van der Waals surface area contributed by atoms with E-state index in [9.17, 15) is 0 Å². The SMILES string of the molecule is c1ccc(-c2cc(-c3cc(-c4ccccc4)cc4ccccc34)c3ccccc3c2)cc1. The van der Waals surface area contributed by atoms with Crippen LogP contribution in [0.2, 0.25) is 0 Å². The summed E-state index contributed by atoms with van der Waals surface area (Å²) in [5.74, 6) is 0. The fourth-order valence-electron chi connectivity index (χ4n) is 4.66. The molecule has 32 heavy (non-hydrogen) atoms. The highest BCUT2D eigenvalue weighted by atomic mass is 14.2. The van der Waals surface area contributed by atoms with Crippen LogP contribution in [0.5, 0.6) is 0 Å². The van der Waals surface area contributed by atoms with Gasteiger partial charge in [-0.05, 0) is 79.2 Å². The predicted molar refractivity (Wildman–Crippen MR) is 138 cm³/mol. The maximum Gasteiger partial charge on any atom is -0.00928 e. The number of fused-ring (bicyclic) bond motifs is 2. The first-order valence-corrected chi connectivity index (χ1v) is 11.0. The van der Waals surface area contributed by atoms with Crippen molar-refractivity contribution in [1.29, 1.82) is 0 Å². The summed E-state index contributed by atoms with van der Waals surface area (Å²) in [7, 11) is 0. The number of rotatable bonds is 3. The van der Waals surface area contributed by atoms with Crippen LogP contribution in [-0.2, 0) is 0 Å². The van der Waals surface area contributed by atoms with Gasteiger partial charge in [0.1, 0.15) is 0 Å². The van der Waals surface area contributed by atoms with Gasteiger partial charge in [-0.3, -0.25) is 0 Å². The Morgan fingerprint density at radius 1 is 0.281 bits per heavy atom. The third-order valence-corrected chi connectivity index (χ3v) is 6.23. The summed E-state index contributed by atoms with van der Waals surface area (Å²) < 4.78 is 0. The summed E-state index contributed by atoms with van der Waals surface area (Å²) >= 11 is 0. The molecular formula is C32H22. The molecule has 0 radical (unpaired) electrons. The standard InChI is InChI=1S/C32H22/c1-3-11-23(12-4-1)27-19-25-15-7-9-17-29(25)31(21-27)32-22-28(24-13-5-2-6-14-24)20-26-16-8-10-18-30(26)32/h1-22H. The van der Waals surface area contributed by atoms with Crippen LogP contribution >= 0.6 is 0 Å². The van der Waals surface area contributed by atoms with Gasteiger partial charge in [-0.2, -0.15) is 0 Å². The zero-order chi connectivity index (χ0) is 21.3. The maximum atomic E-state index is 2.36. The summed E-state index contributed by atoms with van der Waals surface area (Å²) in [6, 6.07) is 48.1. The Kier molecular flexibility index (Phi) is 4.55. The molecule has 150 valence electrons. The van der Waals surface area contributed by atoms with Gasteiger partial charge >= 0.3 is 0 Å². The molecule has 0 heteroatoms. The van der Waals surface area contributed by atoms with Gasteiger partial charge in [-0.25, -0.2) is 0 Å². The first-order chi connectivity index (χ1) is 15.9. The number of benzene rings is 6. The summed E-state index contributed by atoms with van der Waals surface area (Å²) in [6.07, 6.45) is 0. The largest absolute Gasteiger partial charge is 0.0622 e. The Bertz CT molecular complexity index is 1420. The average molecular weight is 407 g/mol. The predicted octanol–water partition coefficient (Wildman–Crippen LogP) is 8.99. The van der Waals surface area contributed by atoms with Gasteiger partial charge in [-0.1, -0.05) is 109 Å². The quantitative estimate of drug-likeness (QED) is 0.275. The van der Waals surface area contributed by atoms with E-state index >= 15 is 0 Å². The topological polar surface area (TPSA) is 0 Å². The van der Waals surface area contributed by atoms with Crippen molar-refractivity contribution in [1.82, 2.24) is 0 Å². The van der Waals surface area contributed by atoms with Crippen molar-refractivity contribution in [2.24, 2.45) is 0 Å². The van der Waals surface area contributed by atoms with Gasteiger partial charge in [-0.15, -0.1) is 0 Å². The minimum absolute atomic E-state index is 1.24.